The number of carbonyl (C=O) groups is 2. The van der Waals surface area contributed by atoms with Gasteiger partial charge >= 0.3 is 12.0 Å². The quantitative estimate of drug-likeness (QED) is 0.511. The molecule has 4 rings (SSSR count). The van der Waals surface area contributed by atoms with Gasteiger partial charge in [0, 0.05) is 36.6 Å². The molecule has 0 atom stereocenters. The van der Waals surface area contributed by atoms with Crippen molar-refractivity contribution in [2.24, 2.45) is 0 Å². The molecule has 1 fully saturated rings. The van der Waals surface area contributed by atoms with E-state index in [0.717, 1.165) is 35.3 Å². The summed E-state index contributed by atoms with van der Waals surface area (Å²) >= 11 is 0. The number of benzene rings is 1. The molecule has 10 nitrogen and oxygen atoms in total. The summed E-state index contributed by atoms with van der Waals surface area (Å²) in [6.45, 7) is 9.27. The molecule has 0 bridgehead atoms. The minimum atomic E-state index is -0.376. The van der Waals surface area contributed by atoms with Crippen LogP contribution in [0.15, 0.2) is 42.9 Å². The van der Waals surface area contributed by atoms with E-state index < -0.39 is 0 Å². The van der Waals surface area contributed by atoms with Gasteiger partial charge in [-0.25, -0.2) is 19.6 Å². The van der Waals surface area contributed by atoms with Crippen LogP contribution in [0.1, 0.15) is 55.6 Å². The molecule has 0 aliphatic carbocycles. The second-order valence-corrected chi connectivity index (χ2v) is 10.0. The van der Waals surface area contributed by atoms with E-state index in [-0.39, 0.29) is 23.6 Å². The molecule has 0 spiro atoms. The SMILES string of the molecule is COC(=O)c1ccc(-c2nc(Nc3cnn(C4CCN(C(=O)NC(C)(C)C)CC4)c3)ncc2C)cc1. The molecule has 1 aliphatic rings. The molecule has 3 aromatic rings. The highest BCUT2D eigenvalue weighted by Crippen LogP contribution is 2.26. The van der Waals surface area contributed by atoms with Crippen molar-refractivity contribution in [3.63, 3.8) is 0 Å². The average Bonchev–Trinajstić information content (AvgIpc) is 3.32. The van der Waals surface area contributed by atoms with Gasteiger partial charge in [-0.05, 0) is 58.2 Å². The van der Waals surface area contributed by atoms with E-state index in [1.807, 2.05) is 55.6 Å². The summed E-state index contributed by atoms with van der Waals surface area (Å²) in [5.74, 6) is 0.0834. The van der Waals surface area contributed by atoms with Crippen molar-refractivity contribution in [3.8, 4) is 11.3 Å². The van der Waals surface area contributed by atoms with Gasteiger partial charge in [-0.3, -0.25) is 4.68 Å². The Morgan fingerprint density at radius 3 is 2.42 bits per heavy atom. The molecule has 190 valence electrons. The molecule has 0 saturated carbocycles. The first-order valence-electron chi connectivity index (χ1n) is 12.0. The van der Waals surface area contributed by atoms with Crippen LogP contribution in [0.3, 0.4) is 0 Å². The van der Waals surface area contributed by atoms with Crippen molar-refractivity contribution >= 4 is 23.6 Å². The summed E-state index contributed by atoms with van der Waals surface area (Å²) in [7, 11) is 1.36. The van der Waals surface area contributed by atoms with E-state index >= 15 is 0 Å². The number of hydrogen-bond donors (Lipinski definition) is 2. The number of likely N-dealkylation sites (tertiary alicyclic amines) is 1. The number of rotatable bonds is 5. The minimum absolute atomic E-state index is 0.0176. The van der Waals surface area contributed by atoms with Gasteiger partial charge in [0.15, 0.2) is 0 Å². The Labute approximate surface area is 211 Å². The van der Waals surface area contributed by atoms with Gasteiger partial charge in [-0.1, -0.05) is 12.1 Å². The summed E-state index contributed by atoms with van der Waals surface area (Å²) in [6.07, 6.45) is 7.15. The minimum Gasteiger partial charge on any atom is -0.465 e. The lowest BCUT2D eigenvalue weighted by molar-refractivity contribution is 0.0600. The molecular formula is C26H33N7O3. The van der Waals surface area contributed by atoms with Gasteiger partial charge in [0.25, 0.3) is 0 Å². The fourth-order valence-corrected chi connectivity index (χ4v) is 4.14. The van der Waals surface area contributed by atoms with E-state index in [1.165, 1.54) is 7.11 Å². The van der Waals surface area contributed by atoms with Crippen LogP contribution in [0.25, 0.3) is 11.3 Å². The topological polar surface area (TPSA) is 114 Å². The maximum absolute atomic E-state index is 12.4. The molecule has 10 heteroatoms. The van der Waals surface area contributed by atoms with E-state index in [1.54, 1.807) is 24.5 Å². The van der Waals surface area contributed by atoms with Crippen LogP contribution in [0.5, 0.6) is 0 Å². The van der Waals surface area contributed by atoms with Gasteiger partial charge in [0.2, 0.25) is 5.95 Å². The summed E-state index contributed by atoms with van der Waals surface area (Å²) in [4.78, 5) is 35.1. The molecule has 3 heterocycles. The lowest BCUT2D eigenvalue weighted by Gasteiger charge is -2.34. The maximum atomic E-state index is 12.4. The molecular weight excluding hydrogens is 458 g/mol. The van der Waals surface area contributed by atoms with Crippen LogP contribution in [0.4, 0.5) is 16.4 Å². The zero-order chi connectivity index (χ0) is 25.9. The van der Waals surface area contributed by atoms with Crippen LogP contribution in [-0.2, 0) is 4.74 Å². The fraction of sp³-hybridized carbons (Fsp3) is 0.423. The third kappa shape index (κ3) is 5.99. The second-order valence-electron chi connectivity index (χ2n) is 10.0. The lowest BCUT2D eigenvalue weighted by atomic mass is 10.1. The Bertz CT molecular complexity index is 1220. The lowest BCUT2D eigenvalue weighted by Crippen LogP contribution is -2.50. The molecule has 2 aromatic heterocycles. The van der Waals surface area contributed by atoms with Gasteiger partial charge in [-0.15, -0.1) is 0 Å². The van der Waals surface area contributed by atoms with Crippen molar-refractivity contribution in [2.45, 2.75) is 52.1 Å². The highest BCUT2D eigenvalue weighted by atomic mass is 16.5. The monoisotopic (exact) mass is 491 g/mol. The van der Waals surface area contributed by atoms with Gasteiger partial charge in [0.05, 0.1) is 36.3 Å². The fourth-order valence-electron chi connectivity index (χ4n) is 4.14. The average molecular weight is 492 g/mol. The second kappa shape index (κ2) is 10.3. The highest BCUT2D eigenvalue weighted by molar-refractivity contribution is 5.90. The summed E-state index contributed by atoms with van der Waals surface area (Å²) in [5.41, 5.74) is 3.60. The molecule has 2 amide bonds. The number of methoxy groups -OCH3 is 1. The number of anilines is 2. The van der Waals surface area contributed by atoms with E-state index in [2.05, 4.69) is 25.7 Å². The zero-order valence-corrected chi connectivity index (χ0v) is 21.4. The number of piperidine rings is 1. The molecule has 1 aliphatic heterocycles. The Hall–Kier alpha value is -3.95. The number of ether oxygens (including phenoxy) is 1. The van der Waals surface area contributed by atoms with Crippen molar-refractivity contribution in [3.05, 3.63) is 54.0 Å². The largest absolute Gasteiger partial charge is 0.465 e. The number of nitrogens with one attached hydrogen (secondary N) is 2. The molecule has 2 N–H and O–H groups in total. The van der Waals surface area contributed by atoms with Crippen molar-refractivity contribution in [1.82, 2.24) is 30.0 Å². The first kappa shape index (κ1) is 25.2. The number of aromatic nitrogens is 4. The standard InChI is InChI=1S/C26H33N7O3/c1-17-14-27-24(30-22(17)18-6-8-19(9-7-18)23(34)36-5)29-20-15-28-33(16-20)21-10-12-32(13-11-21)25(35)31-26(2,3)4/h6-9,14-16,21H,10-13H2,1-5H3,(H,31,35)(H,27,29,30). The number of esters is 1. The number of carbonyl (C=O) groups excluding carboxylic acids is 2. The van der Waals surface area contributed by atoms with Gasteiger partial charge < -0.3 is 20.3 Å². The third-order valence-corrected chi connectivity index (χ3v) is 6.02. The van der Waals surface area contributed by atoms with E-state index in [0.29, 0.717) is 24.6 Å². The van der Waals surface area contributed by atoms with Crippen molar-refractivity contribution in [1.29, 1.82) is 0 Å². The zero-order valence-electron chi connectivity index (χ0n) is 21.4. The normalized spacial score (nSPS) is 14.4. The Morgan fingerprint density at radius 1 is 1.08 bits per heavy atom. The molecule has 0 radical (unpaired) electrons. The van der Waals surface area contributed by atoms with Gasteiger partial charge in [-0.2, -0.15) is 5.10 Å². The number of nitrogens with zero attached hydrogens (tertiary/aromatic N) is 5. The summed E-state index contributed by atoms with van der Waals surface area (Å²) < 4.78 is 6.71. The Kier molecular flexibility index (Phi) is 7.23. The maximum Gasteiger partial charge on any atom is 0.337 e. The van der Waals surface area contributed by atoms with Crippen LogP contribution in [0, 0.1) is 6.92 Å². The van der Waals surface area contributed by atoms with Crippen molar-refractivity contribution in [2.75, 3.05) is 25.5 Å². The van der Waals surface area contributed by atoms with E-state index in [4.69, 9.17) is 4.74 Å². The van der Waals surface area contributed by atoms with E-state index in [9.17, 15) is 9.59 Å². The first-order valence-corrected chi connectivity index (χ1v) is 12.0. The predicted molar refractivity (Wildman–Crippen MR) is 137 cm³/mol. The Balaban J connectivity index is 1.40. The van der Waals surface area contributed by atoms with Crippen LogP contribution >= 0.6 is 0 Å². The van der Waals surface area contributed by atoms with Crippen LogP contribution < -0.4 is 10.6 Å². The van der Waals surface area contributed by atoms with Crippen LogP contribution in [-0.4, -0.2) is 62.4 Å². The van der Waals surface area contributed by atoms with Crippen molar-refractivity contribution < 1.29 is 14.3 Å². The Morgan fingerprint density at radius 2 is 1.78 bits per heavy atom. The number of urea groups is 1. The highest BCUT2D eigenvalue weighted by Gasteiger charge is 2.26. The number of amides is 2. The molecule has 1 aromatic carbocycles. The predicted octanol–water partition coefficient (Wildman–Crippen LogP) is 4.32. The summed E-state index contributed by atoms with van der Waals surface area (Å²) in [6, 6.07) is 7.34. The first-order chi connectivity index (χ1) is 17.1. The number of hydrogen-bond acceptors (Lipinski definition) is 7. The molecule has 0 unspecified atom stereocenters. The smallest absolute Gasteiger partial charge is 0.337 e. The molecule has 1 saturated heterocycles. The number of aryl methyl sites for hydroxylation is 1. The third-order valence-electron chi connectivity index (χ3n) is 6.02. The van der Waals surface area contributed by atoms with Crippen LogP contribution in [0.2, 0.25) is 0 Å². The van der Waals surface area contributed by atoms with Gasteiger partial charge in [0.1, 0.15) is 0 Å². The molecule has 36 heavy (non-hydrogen) atoms. The summed E-state index contributed by atoms with van der Waals surface area (Å²) in [5, 5.41) is 10.8.